The van der Waals surface area contributed by atoms with Gasteiger partial charge in [-0.25, -0.2) is 4.79 Å². The van der Waals surface area contributed by atoms with Gasteiger partial charge in [-0.2, -0.15) is 0 Å². The summed E-state index contributed by atoms with van der Waals surface area (Å²) in [4.78, 5) is 10.5. The van der Waals surface area contributed by atoms with Crippen LogP contribution < -0.4 is 0 Å². The van der Waals surface area contributed by atoms with Gasteiger partial charge in [0.1, 0.15) is 0 Å². The molecular formula is C12H10BrNO2. The predicted octanol–water partition coefficient (Wildman–Crippen LogP) is 3.11. The van der Waals surface area contributed by atoms with Crippen LogP contribution in [0.15, 0.2) is 34.9 Å². The Bertz CT molecular complexity index is 584. The van der Waals surface area contributed by atoms with Crippen molar-refractivity contribution < 1.29 is 9.90 Å². The summed E-state index contributed by atoms with van der Waals surface area (Å²) in [5, 5.41) is 8.64. The molecule has 0 bridgehead atoms. The zero-order valence-electron chi connectivity index (χ0n) is 8.64. The van der Waals surface area contributed by atoms with Crippen molar-refractivity contribution in [3.05, 3.63) is 46.2 Å². The van der Waals surface area contributed by atoms with Gasteiger partial charge in [0.2, 0.25) is 0 Å². The summed E-state index contributed by atoms with van der Waals surface area (Å²) in [5.41, 5.74) is 2.94. The Labute approximate surface area is 101 Å². The first-order valence-corrected chi connectivity index (χ1v) is 5.56. The molecule has 2 rings (SSSR count). The first-order valence-electron chi connectivity index (χ1n) is 4.77. The Morgan fingerprint density at radius 3 is 2.94 bits per heavy atom. The van der Waals surface area contributed by atoms with E-state index in [1.54, 1.807) is 6.08 Å². The van der Waals surface area contributed by atoms with Crippen LogP contribution in [0.4, 0.5) is 0 Å². The van der Waals surface area contributed by atoms with Crippen molar-refractivity contribution in [3.8, 4) is 0 Å². The SMILES string of the molecule is Cc1c(Br)c2ccccn2c1/C=C/C(=O)O. The zero-order chi connectivity index (χ0) is 11.7. The number of halogens is 1. The first kappa shape index (κ1) is 11.0. The summed E-state index contributed by atoms with van der Waals surface area (Å²) < 4.78 is 2.96. The molecule has 0 saturated heterocycles. The maximum Gasteiger partial charge on any atom is 0.328 e. The highest BCUT2D eigenvalue weighted by Crippen LogP contribution is 2.28. The molecule has 2 aromatic heterocycles. The van der Waals surface area contributed by atoms with Crippen molar-refractivity contribution in [3.63, 3.8) is 0 Å². The van der Waals surface area contributed by atoms with Crippen molar-refractivity contribution in [1.82, 2.24) is 4.40 Å². The van der Waals surface area contributed by atoms with Crippen LogP contribution in [-0.4, -0.2) is 15.5 Å². The van der Waals surface area contributed by atoms with E-state index in [1.165, 1.54) is 0 Å². The largest absolute Gasteiger partial charge is 0.478 e. The average Bonchev–Trinajstić information content (AvgIpc) is 2.50. The molecule has 0 atom stereocenters. The summed E-state index contributed by atoms with van der Waals surface area (Å²) in [7, 11) is 0. The first-order chi connectivity index (χ1) is 7.61. The van der Waals surface area contributed by atoms with Gasteiger partial charge >= 0.3 is 5.97 Å². The highest BCUT2D eigenvalue weighted by Gasteiger charge is 2.09. The van der Waals surface area contributed by atoms with Gasteiger partial charge < -0.3 is 9.51 Å². The minimum absolute atomic E-state index is 0.880. The molecule has 0 unspecified atom stereocenters. The van der Waals surface area contributed by atoms with E-state index in [-0.39, 0.29) is 0 Å². The predicted molar refractivity (Wildman–Crippen MR) is 66.5 cm³/mol. The number of nitrogens with zero attached hydrogens (tertiary/aromatic N) is 1. The topological polar surface area (TPSA) is 41.7 Å². The van der Waals surface area contributed by atoms with E-state index in [0.717, 1.165) is 27.3 Å². The van der Waals surface area contributed by atoms with Crippen molar-refractivity contribution in [2.24, 2.45) is 0 Å². The van der Waals surface area contributed by atoms with Gasteiger partial charge in [-0.15, -0.1) is 0 Å². The molecule has 0 aliphatic carbocycles. The molecule has 0 aliphatic rings. The van der Waals surface area contributed by atoms with Crippen molar-refractivity contribution in [2.45, 2.75) is 6.92 Å². The van der Waals surface area contributed by atoms with E-state index in [2.05, 4.69) is 15.9 Å². The molecule has 0 aromatic carbocycles. The van der Waals surface area contributed by atoms with Crippen molar-refractivity contribution in [1.29, 1.82) is 0 Å². The van der Waals surface area contributed by atoms with Gasteiger partial charge in [0.15, 0.2) is 0 Å². The van der Waals surface area contributed by atoms with Crippen LogP contribution in [0.1, 0.15) is 11.3 Å². The fraction of sp³-hybridized carbons (Fsp3) is 0.0833. The van der Waals surface area contributed by atoms with Crippen LogP contribution in [0.25, 0.3) is 11.6 Å². The lowest BCUT2D eigenvalue weighted by atomic mass is 10.2. The van der Waals surface area contributed by atoms with Crippen LogP contribution in [0, 0.1) is 6.92 Å². The van der Waals surface area contributed by atoms with Gasteiger partial charge in [-0.05, 0) is 46.6 Å². The molecule has 0 aliphatic heterocycles. The summed E-state index contributed by atoms with van der Waals surface area (Å²) in [6.45, 7) is 1.96. The molecule has 0 amide bonds. The van der Waals surface area contributed by atoms with Crippen molar-refractivity contribution >= 4 is 33.5 Å². The summed E-state index contributed by atoms with van der Waals surface area (Å²) in [5.74, 6) is -0.943. The third kappa shape index (κ3) is 1.76. The van der Waals surface area contributed by atoms with E-state index in [9.17, 15) is 4.79 Å². The normalized spacial score (nSPS) is 11.4. The number of carbonyl (C=O) groups is 1. The Morgan fingerprint density at radius 2 is 2.25 bits per heavy atom. The highest BCUT2D eigenvalue weighted by atomic mass is 79.9. The van der Waals surface area contributed by atoms with E-state index in [1.807, 2.05) is 35.7 Å². The average molecular weight is 280 g/mol. The zero-order valence-corrected chi connectivity index (χ0v) is 10.2. The molecule has 2 aromatic rings. The number of fused-ring (bicyclic) bond motifs is 1. The van der Waals surface area contributed by atoms with Gasteiger partial charge in [0.05, 0.1) is 5.52 Å². The number of carboxylic acid groups (broad SMARTS) is 1. The monoisotopic (exact) mass is 279 g/mol. The number of aliphatic carboxylic acids is 1. The lowest BCUT2D eigenvalue weighted by molar-refractivity contribution is -0.131. The molecular weight excluding hydrogens is 270 g/mol. The standard InChI is InChI=1S/C12H10BrNO2/c1-8-9(5-6-11(15)16)14-7-3-2-4-10(14)12(8)13/h2-7H,1H3,(H,15,16)/b6-5+. The Morgan fingerprint density at radius 1 is 1.50 bits per heavy atom. The van der Waals surface area contributed by atoms with Crippen molar-refractivity contribution in [2.75, 3.05) is 0 Å². The number of hydrogen-bond donors (Lipinski definition) is 1. The summed E-state index contributed by atoms with van der Waals surface area (Å²) in [6.07, 6.45) is 4.66. The fourth-order valence-electron chi connectivity index (χ4n) is 1.67. The second-order valence-electron chi connectivity index (χ2n) is 3.45. The Hall–Kier alpha value is -1.55. The van der Waals surface area contributed by atoms with E-state index in [0.29, 0.717) is 0 Å². The van der Waals surface area contributed by atoms with E-state index < -0.39 is 5.97 Å². The second-order valence-corrected chi connectivity index (χ2v) is 4.24. The molecule has 1 N–H and O–H groups in total. The van der Waals surface area contributed by atoms with Crippen LogP contribution in [0.5, 0.6) is 0 Å². The Balaban J connectivity index is 2.69. The number of aromatic nitrogens is 1. The molecule has 0 radical (unpaired) electrons. The third-order valence-corrected chi connectivity index (χ3v) is 3.44. The lowest BCUT2D eigenvalue weighted by Crippen LogP contribution is -1.90. The summed E-state index contributed by atoms with van der Waals surface area (Å²) in [6, 6.07) is 5.84. The van der Waals surface area contributed by atoms with Crippen LogP contribution in [-0.2, 0) is 4.79 Å². The fourth-order valence-corrected chi connectivity index (χ4v) is 2.20. The molecule has 4 heteroatoms. The minimum Gasteiger partial charge on any atom is -0.478 e. The van der Waals surface area contributed by atoms with Crippen LogP contribution in [0.2, 0.25) is 0 Å². The van der Waals surface area contributed by atoms with E-state index >= 15 is 0 Å². The van der Waals surface area contributed by atoms with Gasteiger partial charge in [0.25, 0.3) is 0 Å². The molecule has 0 fully saturated rings. The van der Waals surface area contributed by atoms with Gasteiger partial charge in [-0.3, -0.25) is 0 Å². The highest BCUT2D eigenvalue weighted by molar-refractivity contribution is 9.10. The molecule has 0 spiro atoms. The Kier molecular flexibility index (Phi) is 2.83. The van der Waals surface area contributed by atoms with Gasteiger partial charge in [-0.1, -0.05) is 6.07 Å². The molecule has 0 saturated carbocycles. The van der Waals surface area contributed by atoms with Gasteiger partial charge in [0, 0.05) is 22.4 Å². The maximum atomic E-state index is 10.5. The maximum absolute atomic E-state index is 10.5. The molecule has 2 heterocycles. The molecule has 16 heavy (non-hydrogen) atoms. The number of hydrogen-bond acceptors (Lipinski definition) is 1. The van der Waals surface area contributed by atoms with E-state index in [4.69, 9.17) is 5.11 Å². The molecule has 82 valence electrons. The lowest BCUT2D eigenvalue weighted by Gasteiger charge is -1.97. The smallest absolute Gasteiger partial charge is 0.328 e. The minimum atomic E-state index is -0.943. The van der Waals surface area contributed by atoms with Crippen LogP contribution >= 0.6 is 15.9 Å². The summed E-state index contributed by atoms with van der Waals surface area (Å²) >= 11 is 3.51. The number of pyridine rings is 1. The second kappa shape index (κ2) is 4.14. The number of rotatable bonds is 2. The number of carboxylic acids is 1. The third-order valence-electron chi connectivity index (χ3n) is 2.44. The quantitative estimate of drug-likeness (QED) is 0.859. The molecule has 3 nitrogen and oxygen atoms in total. The van der Waals surface area contributed by atoms with Crippen LogP contribution in [0.3, 0.4) is 0 Å².